The molecule has 0 spiro atoms. The Labute approximate surface area is 266 Å². The van der Waals surface area contributed by atoms with Crippen LogP contribution in [-0.2, 0) is 20.9 Å². The van der Waals surface area contributed by atoms with Gasteiger partial charge in [0.1, 0.15) is 18.2 Å². The topological polar surface area (TPSA) is 130 Å². The maximum atomic E-state index is 13.1. The number of hydrogen-bond donors (Lipinski definition) is 2. The molecule has 2 aliphatic rings. The molecule has 2 unspecified atom stereocenters. The molecule has 2 N–H and O–H groups in total. The third-order valence-electron chi connectivity index (χ3n) is 7.58. The average molecular weight is 634 g/mol. The summed E-state index contributed by atoms with van der Waals surface area (Å²) in [5, 5.41) is 8.14. The molecule has 2 saturated heterocycles. The second kappa shape index (κ2) is 14.1. The van der Waals surface area contributed by atoms with Crippen molar-refractivity contribution >= 4 is 40.5 Å². The van der Waals surface area contributed by atoms with Crippen LogP contribution in [0.15, 0.2) is 60.0 Å². The van der Waals surface area contributed by atoms with E-state index in [-0.39, 0.29) is 30.6 Å². The molecular formula is C33H39N5O6S. The minimum Gasteiger partial charge on any atom is -0.445 e. The number of nitrogens with one attached hydrogen (secondary N) is 2. The molecule has 45 heavy (non-hydrogen) atoms. The van der Waals surface area contributed by atoms with Gasteiger partial charge in [-0.05, 0) is 64.2 Å². The molecule has 2 aromatic carbocycles. The Balaban J connectivity index is 1.12. The monoisotopic (exact) mass is 633 g/mol. The number of carbonyl (C=O) groups is 4. The molecular weight excluding hydrogens is 594 g/mol. The number of anilines is 1. The van der Waals surface area contributed by atoms with Crippen LogP contribution >= 0.6 is 11.3 Å². The van der Waals surface area contributed by atoms with Gasteiger partial charge in [-0.15, -0.1) is 11.3 Å². The third-order valence-corrected chi connectivity index (χ3v) is 8.34. The number of carbonyl (C=O) groups excluding carboxylic acids is 4. The van der Waals surface area contributed by atoms with Crippen LogP contribution in [-0.4, -0.2) is 76.1 Å². The number of nitrogens with zero attached hydrogens (tertiary/aromatic N) is 3. The normalized spacial score (nSPS) is 18.3. The maximum absolute atomic E-state index is 13.1. The van der Waals surface area contributed by atoms with Crippen molar-refractivity contribution < 1.29 is 28.7 Å². The van der Waals surface area contributed by atoms with Gasteiger partial charge in [0.25, 0.3) is 5.91 Å². The highest BCUT2D eigenvalue weighted by atomic mass is 32.1. The van der Waals surface area contributed by atoms with Crippen molar-refractivity contribution in [1.82, 2.24) is 20.1 Å². The number of amides is 4. The van der Waals surface area contributed by atoms with Gasteiger partial charge in [0.05, 0.1) is 5.69 Å². The molecule has 12 heteroatoms. The maximum Gasteiger partial charge on any atom is 0.410 e. The number of thiazole rings is 1. The second-order valence-electron chi connectivity index (χ2n) is 12.2. The fourth-order valence-electron chi connectivity index (χ4n) is 5.36. The first-order chi connectivity index (χ1) is 21.6. The molecule has 0 aliphatic carbocycles. The van der Waals surface area contributed by atoms with Crippen molar-refractivity contribution in [2.75, 3.05) is 25.0 Å². The Kier molecular flexibility index (Phi) is 10.0. The number of aromatic nitrogens is 1. The van der Waals surface area contributed by atoms with Crippen LogP contribution in [0.4, 0.5) is 14.7 Å². The Morgan fingerprint density at radius 1 is 0.956 bits per heavy atom. The Bertz CT molecular complexity index is 1500. The summed E-state index contributed by atoms with van der Waals surface area (Å²) in [5.41, 5.74) is 2.26. The number of ether oxygens (including phenoxy) is 2. The van der Waals surface area contributed by atoms with Crippen molar-refractivity contribution in [3.05, 3.63) is 71.1 Å². The molecule has 4 amide bonds. The first kappa shape index (κ1) is 32.0. The second-order valence-corrected chi connectivity index (χ2v) is 13.1. The highest BCUT2D eigenvalue weighted by molar-refractivity contribution is 7.14. The lowest BCUT2D eigenvalue weighted by atomic mass is 10.0. The summed E-state index contributed by atoms with van der Waals surface area (Å²) in [5.74, 6) is -0.516. The van der Waals surface area contributed by atoms with Gasteiger partial charge in [-0.3, -0.25) is 14.5 Å². The third kappa shape index (κ3) is 8.59. The van der Waals surface area contributed by atoms with E-state index in [0.717, 1.165) is 24.0 Å². The summed E-state index contributed by atoms with van der Waals surface area (Å²) in [4.78, 5) is 58.9. The smallest absolute Gasteiger partial charge is 0.410 e. The number of rotatable bonds is 7. The van der Waals surface area contributed by atoms with Crippen LogP contribution in [0.1, 0.15) is 62.4 Å². The van der Waals surface area contributed by atoms with Gasteiger partial charge >= 0.3 is 12.2 Å². The number of likely N-dealkylation sites (tertiary alicyclic amines) is 2. The van der Waals surface area contributed by atoms with Crippen LogP contribution in [0.2, 0.25) is 0 Å². The van der Waals surface area contributed by atoms with Gasteiger partial charge in [0, 0.05) is 42.2 Å². The zero-order chi connectivity index (χ0) is 32.0. The zero-order valence-electron chi connectivity index (χ0n) is 25.8. The van der Waals surface area contributed by atoms with E-state index in [1.807, 2.05) is 68.6 Å². The number of hydrogen-bond acceptors (Lipinski definition) is 8. The molecule has 2 atom stereocenters. The summed E-state index contributed by atoms with van der Waals surface area (Å²) in [6.45, 7) is 7.10. The highest BCUT2D eigenvalue weighted by Crippen LogP contribution is 2.27. The minimum atomic E-state index is -0.626. The van der Waals surface area contributed by atoms with E-state index in [1.54, 1.807) is 17.0 Å². The number of benzene rings is 2. The van der Waals surface area contributed by atoms with Crippen LogP contribution < -0.4 is 10.6 Å². The predicted molar refractivity (Wildman–Crippen MR) is 171 cm³/mol. The highest BCUT2D eigenvalue weighted by Gasteiger charge is 2.35. The molecule has 5 rings (SSSR count). The molecule has 3 heterocycles. The molecule has 1 aromatic heterocycles. The van der Waals surface area contributed by atoms with Crippen molar-refractivity contribution in [3.63, 3.8) is 0 Å². The Morgan fingerprint density at radius 3 is 2.42 bits per heavy atom. The summed E-state index contributed by atoms with van der Waals surface area (Å²) in [6.07, 6.45) is 1.95. The van der Waals surface area contributed by atoms with Crippen LogP contribution in [0.25, 0.3) is 11.3 Å². The van der Waals surface area contributed by atoms with E-state index < -0.39 is 17.7 Å². The predicted octanol–water partition coefficient (Wildman–Crippen LogP) is 5.68. The quantitative estimate of drug-likeness (QED) is 0.343. The van der Waals surface area contributed by atoms with Crippen molar-refractivity contribution in [2.24, 2.45) is 0 Å². The van der Waals surface area contributed by atoms with Gasteiger partial charge in [0.15, 0.2) is 5.13 Å². The zero-order valence-corrected chi connectivity index (χ0v) is 26.6. The molecule has 238 valence electrons. The fourth-order valence-corrected chi connectivity index (χ4v) is 6.08. The van der Waals surface area contributed by atoms with Crippen LogP contribution in [0.3, 0.4) is 0 Å². The molecule has 0 saturated carbocycles. The van der Waals surface area contributed by atoms with E-state index in [2.05, 4.69) is 15.6 Å². The molecule has 3 aromatic rings. The van der Waals surface area contributed by atoms with E-state index in [1.165, 1.54) is 16.2 Å². The van der Waals surface area contributed by atoms with Gasteiger partial charge in [-0.25, -0.2) is 14.6 Å². The lowest BCUT2D eigenvalue weighted by molar-refractivity contribution is -0.120. The standard InChI is InChI=1S/C33H39N5O6S/c1-33(2,3)44-31(41)37-17-7-11-25(19-37)34-28(39)24-15-13-23(14-16-24)26-21-45-30(35-26)36-29(40)27-12-8-18-38(27)32(42)43-20-22-9-5-4-6-10-22/h4-6,9-10,13-16,21,25,27H,7-8,11-12,17-20H2,1-3H3,(H,34,39)(H,35,36,40). The van der Waals surface area contributed by atoms with E-state index in [0.29, 0.717) is 48.9 Å². The fraction of sp³-hybridized carbons (Fsp3) is 0.424. The van der Waals surface area contributed by atoms with E-state index >= 15 is 0 Å². The average Bonchev–Trinajstić information content (AvgIpc) is 3.70. The van der Waals surface area contributed by atoms with Crippen molar-refractivity contribution in [2.45, 2.75) is 70.7 Å². The first-order valence-corrected chi connectivity index (χ1v) is 16.1. The van der Waals surface area contributed by atoms with Crippen LogP contribution in [0.5, 0.6) is 0 Å². The summed E-state index contributed by atoms with van der Waals surface area (Å²) >= 11 is 1.29. The van der Waals surface area contributed by atoms with E-state index in [4.69, 9.17) is 9.47 Å². The van der Waals surface area contributed by atoms with Crippen molar-refractivity contribution in [3.8, 4) is 11.3 Å². The van der Waals surface area contributed by atoms with E-state index in [9.17, 15) is 19.2 Å². The van der Waals surface area contributed by atoms with Crippen molar-refractivity contribution in [1.29, 1.82) is 0 Å². The molecule has 0 radical (unpaired) electrons. The van der Waals surface area contributed by atoms with Gasteiger partial charge in [-0.1, -0.05) is 42.5 Å². The SMILES string of the molecule is CC(C)(C)OC(=O)N1CCCC(NC(=O)c2ccc(-c3csc(NC(=O)C4CCCN4C(=O)OCc4ccccc4)n3)cc2)C1. The molecule has 2 fully saturated rings. The lowest BCUT2D eigenvalue weighted by Gasteiger charge is -2.34. The number of piperidine rings is 1. The largest absolute Gasteiger partial charge is 0.445 e. The van der Waals surface area contributed by atoms with Crippen LogP contribution in [0, 0.1) is 0 Å². The van der Waals surface area contributed by atoms with Gasteiger partial charge < -0.3 is 25.0 Å². The first-order valence-electron chi connectivity index (χ1n) is 15.2. The Morgan fingerprint density at radius 2 is 1.69 bits per heavy atom. The summed E-state index contributed by atoms with van der Waals surface area (Å²) in [6, 6.07) is 15.7. The molecule has 2 aliphatic heterocycles. The molecule has 11 nitrogen and oxygen atoms in total. The molecule has 0 bridgehead atoms. The minimum absolute atomic E-state index is 0.147. The van der Waals surface area contributed by atoms with Gasteiger partial charge in [-0.2, -0.15) is 0 Å². The van der Waals surface area contributed by atoms with Gasteiger partial charge in [0.2, 0.25) is 5.91 Å². The Hall–Kier alpha value is -4.45. The summed E-state index contributed by atoms with van der Waals surface area (Å²) < 4.78 is 10.9. The lowest BCUT2D eigenvalue weighted by Crippen LogP contribution is -2.50. The summed E-state index contributed by atoms with van der Waals surface area (Å²) in [7, 11) is 0.